The number of fused-ring (bicyclic) bond motifs is 1. The molecule has 2 aromatic carbocycles. The van der Waals surface area contributed by atoms with Gasteiger partial charge in [-0.05, 0) is 37.3 Å². The van der Waals surface area contributed by atoms with Crippen molar-refractivity contribution in [3.8, 4) is 17.2 Å². The fraction of sp³-hybridized carbons (Fsp3) is 0.455. The van der Waals surface area contributed by atoms with Gasteiger partial charge in [0.2, 0.25) is 5.91 Å². The summed E-state index contributed by atoms with van der Waals surface area (Å²) in [4.78, 5) is 39.8. The monoisotopic (exact) mass is 650 g/mol. The molecule has 3 N–H and O–H groups in total. The van der Waals surface area contributed by atoms with Gasteiger partial charge in [0.1, 0.15) is 24.5 Å². The van der Waals surface area contributed by atoms with Crippen LogP contribution >= 0.6 is 0 Å². The molecule has 0 spiro atoms. The van der Waals surface area contributed by atoms with Gasteiger partial charge in [0, 0.05) is 62.8 Å². The van der Waals surface area contributed by atoms with Crippen molar-refractivity contribution < 1.29 is 38.7 Å². The van der Waals surface area contributed by atoms with Crippen LogP contribution in [-0.2, 0) is 9.53 Å². The molecule has 2 aliphatic rings. The highest BCUT2D eigenvalue weighted by atomic mass is 16.5. The van der Waals surface area contributed by atoms with E-state index in [1.165, 1.54) is 13.4 Å². The van der Waals surface area contributed by atoms with Crippen LogP contribution in [0.4, 0.5) is 16.3 Å². The number of aromatic nitrogens is 2. The number of allylic oxidation sites excluding steroid dienone is 1. The van der Waals surface area contributed by atoms with Gasteiger partial charge in [0.05, 0.1) is 50.2 Å². The number of hydrogen-bond acceptors (Lipinski definition) is 11. The molecule has 2 atom stereocenters. The summed E-state index contributed by atoms with van der Waals surface area (Å²) in [6.45, 7) is 9.47. The van der Waals surface area contributed by atoms with Crippen LogP contribution in [-0.4, -0.2) is 120 Å². The Morgan fingerprint density at radius 1 is 0.979 bits per heavy atom. The van der Waals surface area contributed by atoms with E-state index >= 15 is 0 Å². The molecular weight excluding hydrogens is 608 g/mol. The zero-order valence-corrected chi connectivity index (χ0v) is 26.8. The summed E-state index contributed by atoms with van der Waals surface area (Å²) in [5.74, 6) is 2.59. The van der Waals surface area contributed by atoms with E-state index < -0.39 is 12.2 Å². The second kappa shape index (κ2) is 15.8. The van der Waals surface area contributed by atoms with Crippen LogP contribution in [0.15, 0.2) is 55.1 Å². The van der Waals surface area contributed by atoms with E-state index in [4.69, 9.17) is 18.9 Å². The van der Waals surface area contributed by atoms with Crippen LogP contribution in [0.1, 0.15) is 19.8 Å². The predicted octanol–water partition coefficient (Wildman–Crippen LogP) is 2.64. The first-order chi connectivity index (χ1) is 22.7. The summed E-state index contributed by atoms with van der Waals surface area (Å²) in [5.41, 5.74) is 1.29. The molecule has 2 aliphatic heterocycles. The maximum Gasteiger partial charge on any atom is 0.321 e. The maximum atomic E-state index is 12.9. The number of piperazine rings is 1. The number of morpholine rings is 1. The molecule has 3 amide bonds. The van der Waals surface area contributed by atoms with Gasteiger partial charge in [-0.15, -0.1) is 0 Å². The zero-order valence-electron chi connectivity index (χ0n) is 26.8. The minimum Gasteiger partial charge on any atom is -0.493 e. The number of anilines is 2. The number of carbonyl (C=O) groups excluding carboxylic acids is 2. The average Bonchev–Trinajstić information content (AvgIpc) is 3.07. The summed E-state index contributed by atoms with van der Waals surface area (Å²) in [5, 5.41) is 24.6. The maximum absolute atomic E-state index is 12.9. The number of rotatable bonds is 12. The van der Waals surface area contributed by atoms with E-state index in [-0.39, 0.29) is 31.4 Å². The Hall–Kier alpha value is -4.66. The van der Waals surface area contributed by atoms with Crippen molar-refractivity contribution in [2.24, 2.45) is 0 Å². The number of carbonyl (C=O) groups is 2. The third-order valence-corrected chi connectivity index (χ3v) is 7.91. The summed E-state index contributed by atoms with van der Waals surface area (Å²) in [7, 11) is 1.52. The van der Waals surface area contributed by atoms with Crippen LogP contribution in [0, 0.1) is 0 Å². The van der Waals surface area contributed by atoms with Crippen LogP contribution in [0.25, 0.3) is 10.9 Å². The van der Waals surface area contributed by atoms with Crippen molar-refractivity contribution in [3.63, 3.8) is 0 Å². The van der Waals surface area contributed by atoms with Crippen LogP contribution in [0.2, 0.25) is 0 Å². The van der Waals surface area contributed by atoms with Crippen molar-refractivity contribution >= 4 is 34.3 Å². The smallest absolute Gasteiger partial charge is 0.321 e. The number of aliphatic hydroxyl groups is 2. The van der Waals surface area contributed by atoms with Crippen LogP contribution in [0.3, 0.4) is 0 Å². The molecule has 0 radical (unpaired) electrons. The molecule has 0 bridgehead atoms. The Morgan fingerprint density at radius 2 is 1.70 bits per heavy atom. The van der Waals surface area contributed by atoms with Crippen LogP contribution in [0.5, 0.6) is 17.2 Å². The molecule has 252 valence electrons. The van der Waals surface area contributed by atoms with E-state index in [2.05, 4.69) is 26.8 Å². The molecule has 14 nitrogen and oxygen atoms in total. The molecule has 0 aliphatic carbocycles. The Kier molecular flexibility index (Phi) is 11.3. The Labute approximate surface area is 273 Å². The number of nitrogens with zero attached hydrogens (tertiary/aromatic N) is 5. The van der Waals surface area contributed by atoms with Crippen LogP contribution < -0.4 is 24.4 Å². The molecule has 0 saturated carbocycles. The molecule has 3 aromatic rings. The third kappa shape index (κ3) is 8.99. The van der Waals surface area contributed by atoms with E-state index in [9.17, 15) is 19.8 Å². The second-order valence-corrected chi connectivity index (χ2v) is 11.5. The lowest BCUT2D eigenvalue weighted by molar-refractivity contribution is -0.137. The van der Waals surface area contributed by atoms with Gasteiger partial charge in [0.25, 0.3) is 0 Å². The van der Waals surface area contributed by atoms with E-state index in [0.29, 0.717) is 92.5 Å². The van der Waals surface area contributed by atoms with Gasteiger partial charge >= 0.3 is 6.03 Å². The first-order valence-electron chi connectivity index (χ1n) is 15.6. The largest absolute Gasteiger partial charge is 0.493 e. The number of hydrogen-bond donors (Lipinski definition) is 3. The van der Waals surface area contributed by atoms with E-state index in [1.807, 2.05) is 0 Å². The number of ether oxygens (including phenoxy) is 4. The Bertz CT molecular complexity index is 1540. The van der Waals surface area contributed by atoms with Crippen molar-refractivity contribution in [1.29, 1.82) is 0 Å². The highest BCUT2D eigenvalue weighted by Crippen LogP contribution is 2.35. The average molecular weight is 651 g/mol. The Morgan fingerprint density at radius 3 is 2.38 bits per heavy atom. The second-order valence-electron chi connectivity index (χ2n) is 11.5. The first-order valence-corrected chi connectivity index (χ1v) is 15.6. The molecule has 2 unspecified atom stereocenters. The predicted molar refractivity (Wildman–Crippen MR) is 175 cm³/mol. The molecule has 14 heteroatoms. The summed E-state index contributed by atoms with van der Waals surface area (Å²) in [6, 6.07) is 10.4. The quantitative estimate of drug-likeness (QED) is 0.248. The van der Waals surface area contributed by atoms with E-state index in [0.717, 1.165) is 5.39 Å². The Balaban J connectivity index is 1.15. The number of methoxy groups -OCH3 is 1. The third-order valence-electron chi connectivity index (χ3n) is 7.91. The number of amides is 3. The zero-order chi connectivity index (χ0) is 33.3. The summed E-state index contributed by atoms with van der Waals surface area (Å²) < 4.78 is 22.2. The van der Waals surface area contributed by atoms with Crippen molar-refractivity contribution in [2.75, 3.05) is 76.4 Å². The number of benzene rings is 2. The summed E-state index contributed by atoms with van der Waals surface area (Å²) >= 11 is 0. The molecule has 2 saturated heterocycles. The van der Waals surface area contributed by atoms with Gasteiger partial charge in [-0.25, -0.2) is 14.8 Å². The SMILES string of the molecule is C=C(C)Oc1ccc(NC(=O)N2CCN(c3ncnc4cc(OCC(O)CC(O)CC(=O)N5CCOCC5)c(OC)cc34)CC2)cc1. The fourth-order valence-corrected chi connectivity index (χ4v) is 5.50. The van der Waals surface area contributed by atoms with Gasteiger partial charge in [-0.1, -0.05) is 6.58 Å². The van der Waals surface area contributed by atoms with Gasteiger partial charge < -0.3 is 49.2 Å². The molecule has 3 heterocycles. The van der Waals surface area contributed by atoms with Crippen molar-refractivity contribution in [2.45, 2.75) is 32.0 Å². The highest BCUT2D eigenvalue weighted by molar-refractivity contribution is 5.92. The molecule has 5 rings (SSSR count). The number of urea groups is 1. The lowest BCUT2D eigenvalue weighted by atomic mass is 10.1. The molecular formula is C33H42N6O8. The van der Waals surface area contributed by atoms with Gasteiger partial charge in [-0.2, -0.15) is 0 Å². The van der Waals surface area contributed by atoms with Gasteiger partial charge in [-0.3, -0.25) is 4.79 Å². The van der Waals surface area contributed by atoms with Crippen molar-refractivity contribution in [1.82, 2.24) is 19.8 Å². The first kappa shape index (κ1) is 33.7. The molecule has 2 fully saturated rings. The standard InChI is InChI=1S/C33H42N6O8/c1-22(2)47-26-6-4-23(5-7-26)36-33(43)39-10-8-38(9-11-39)32-27-18-29(44-3)30(19-28(27)34-21-35-32)46-20-25(41)16-24(40)17-31(42)37-12-14-45-15-13-37/h4-7,18-19,21,24-25,40-41H,1,8-17,20H2,2-3H3,(H,36,43). The summed E-state index contributed by atoms with van der Waals surface area (Å²) in [6.07, 6.45) is -0.622. The lowest BCUT2D eigenvalue weighted by Gasteiger charge is -2.35. The topological polar surface area (TPSA) is 159 Å². The molecule has 1 aromatic heterocycles. The number of nitrogens with one attached hydrogen (secondary N) is 1. The van der Waals surface area contributed by atoms with Gasteiger partial charge in [0.15, 0.2) is 11.5 Å². The normalized spacial score (nSPS) is 16.4. The minimum atomic E-state index is -1.01. The van der Waals surface area contributed by atoms with Crippen molar-refractivity contribution in [3.05, 3.63) is 55.1 Å². The molecule has 47 heavy (non-hydrogen) atoms. The lowest BCUT2D eigenvalue weighted by Crippen LogP contribution is -2.50. The highest BCUT2D eigenvalue weighted by Gasteiger charge is 2.25. The minimum absolute atomic E-state index is 0.0149. The number of aliphatic hydroxyl groups excluding tert-OH is 2. The fourth-order valence-electron chi connectivity index (χ4n) is 5.50. The van der Waals surface area contributed by atoms with E-state index in [1.54, 1.807) is 53.1 Å².